The van der Waals surface area contributed by atoms with Crippen LogP contribution in [0.3, 0.4) is 0 Å². The number of aliphatic hydroxyl groups excluding tert-OH is 1. The van der Waals surface area contributed by atoms with Crippen LogP contribution in [-0.4, -0.2) is 46.0 Å². The van der Waals surface area contributed by atoms with Gasteiger partial charge in [-0.25, -0.2) is 10.4 Å². The Morgan fingerprint density at radius 1 is 1.11 bits per heavy atom. The summed E-state index contributed by atoms with van der Waals surface area (Å²) in [5, 5.41) is 16.2. The highest BCUT2D eigenvalue weighted by Crippen LogP contribution is 2.31. The molecule has 0 aliphatic carbocycles. The van der Waals surface area contributed by atoms with E-state index < -0.39 is 11.7 Å². The molecular weight excluding hydrogens is 471 g/mol. The van der Waals surface area contributed by atoms with Gasteiger partial charge in [0.1, 0.15) is 5.82 Å². The van der Waals surface area contributed by atoms with E-state index in [2.05, 4.69) is 35.7 Å². The van der Waals surface area contributed by atoms with Gasteiger partial charge in [-0.2, -0.15) is 23.3 Å². The summed E-state index contributed by atoms with van der Waals surface area (Å²) in [7, 11) is 0. The molecule has 0 amide bonds. The number of hydrogen-bond donors (Lipinski definition) is 3. The van der Waals surface area contributed by atoms with Crippen LogP contribution in [0.15, 0.2) is 53.8 Å². The van der Waals surface area contributed by atoms with Crippen molar-refractivity contribution in [2.24, 2.45) is 11.0 Å². The summed E-state index contributed by atoms with van der Waals surface area (Å²) in [4.78, 5) is 15.4. The number of alkyl halides is 3. The Balaban J connectivity index is 1.34. The molecule has 8 nitrogen and oxygen atoms in total. The van der Waals surface area contributed by atoms with Crippen molar-refractivity contribution in [3.63, 3.8) is 0 Å². The first kappa shape index (κ1) is 25.4. The van der Waals surface area contributed by atoms with E-state index in [0.29, 0.717) is 28.9 Å². The fourth-order valence-electron chi connectivity index (χ4n) is 4.05. The lowest BCUT2D eigenvalue weighted by Gasteiger charge is -2.32. The number of nitrogens with one attached hydrogen (secondary N) is 2. The number of nitrogens with zero attached hydrogens (tertiary/aromatic N) is 5. The van der Waals surface area contributed by atoms with Crippen molar-refractivity contribution in [3.05, 3.63) is 65.6 Å². The van der Waals surface area contributed by atoms with Gasteiger partial charge < -0.3 is 15.3 Å². The summed E-state index contributed by atoms with van der Waals surface area (Å²) in [5.74, 6) is 1.77. The van der Waals surface area contributed by atoms with Crippen LogP contribution in [0.25, 0.3) is 0 Å². The third kappa shape index (κ3) is 6.91. The number of benzene rings is 1. The monoisotopic (exact) mass is 499 g/mol. The van der Waals surface area contributed by atoms with Gasteiger partial charge in [-0.3, -0.25) is 4.98 Å². The number of pyridine rings is 1. The van der Waals surface area contributed by atoms with Crippen molar-refractivity contribution in [2.45, 2.75) is 32.4 Å². The van der Waals surface area contributed by atoms with Crippen LogP contribution in [0.1, 0.15) is 36.2 Å². The number of hydrazone groups is 1. The quantitative estimate of drug-likeness (QED) is 0.297. The highest BCUT2D eigenvalue weighted by molar-refractivity contribution is 5.78. The first-order valence-corrected chi connectivity index (χ1v) is 11.7. The second kappa shape index (κ2) is 11.3. The van der Waals surface area contributed by atoms with E-state index in [0.717, 1.165) is 56.0 Å². The second-order valence-electron chi connectivity index (χ2n) is 8.68. The smallest absolute Gasteiger partial charge is 0.396 e. The maximum absolute atomic E-state index is 12.9. The molecule has 1 saturated heterocycles. The summed E-state index contributed by atoms with van der Waals surface area (Å²) in [6.07, 6.45) is 1.52. The summed E-state index contributed by atoms with van der Waals surface area (Å²) in [6, 6.07) is 10.3. The van der Waals surface area contributed by atoms with Gasteiger partial charge in [-0.15, -0.1) is 0 Å². The highest BCUT2D eigenvalue weighted by Gasteiger charge is 2.30. The minimum absolute atomic E-state index is 0.229. The lowest BCUT2D eigenvalue weighted by atomic mass is 9.94. The van der Waals surface area contributed by atoms with Crippen LogP contribution < -0.4 is 15.6 Å². The predicted octanol–water partition coefficient (Wildman–Crippen LogP) is 4.99. The van der Waals surface area contributed by atoms with Gasteiger partial charge in [0.05, 0.1) is 29.4 Å². The molecule has 36 heavy (non-hydrogen) atoms. The number of aromatic nitrogens is 3. The van der Waals surface area contributed by atoms with Crippen molar-refractivity contribution in [1.29, 1.82) is 0 Å². The molecule has 3 heterocycles. The number of anilines is 4. The standard InChI is InChI=1S/C25H28F3N7O/c1-17-13-23(35-10-7-18(8-11-35)9-12-36)33-24(31-17)34-30-16-21-5-6-22(15-29-21)32-20-4-2-3-19(14-20)25(26,27)28/h2-6,13-16,18,32,36H,7-12H2,1H3,(H,31,33,34)/b30-16-. The first-order chi connectivity index (χ1) is 17.3. The Labute approximate surface area is 207 Å². The van der Waals surface area contributed by atoms with E-state index in [1.165, 1.54) is 18.5 Å². The van der Waals surface area contributed by atoms with Gasteiger partial charge in [-0.1, -0.05) is 6.07 Å². The minimum Gasteiger partial charge on any atom is -0.396 e. The molecule has 1 aromatic carbocycles. The number of rotatable bonds is 8. The van der Waals surface area contributed by atoms with E-state index in [-0.39, 0.29) is 6.61 Å². The Morgan fingerprint density at radius 2 is 1.92 bits per heavy atom. The number of halogens is 3. The maximum atomic E-state index is 12.9. The normalized spacial score (nSPS) is 14.9. The van der Waals surface area contributed by atoms with Gasteiger partial charge in [-0.05, 0) is 62.4 Å². The van der Waals surface area contributed by atoms with Crippen LogP contribution in [0.4, 0.5) is 36.3 Å². The second-order valence-corrected chi connectivity index (χ2v) is 8.68. The van der Waals surface area contributed by atoms with Crippen molar-refractivity contribution >= 4 is 29.4 Å². The van der Waals surface area contributed by atoms with Gasteiger partial charge >= 0.3 is 6.18 Å². The van der Waals surface area contributed by atoms with Gasteiger partial charge in [0.2, 0.25) is 5.95 Å². The van der Waals surface area contributed by atoms with Crippen LogP contribution in [0, 0.1) is 12.8 Å². The molecule has 0 saturated carbocycles. The summed E-state index contributed by atoms with van der Waals surface area (Å²) in [6.45, 7) is 3.90. The third-order valence-electron chi connectivity index (χ3n) is 5.94. The average Bonchev–Trinajstić information content (AvgIpc) is 2.85. The van der Waals surface area contributed by atoms with Crippen molar-refractivity contribution < 1.29 is 18.3 Å². The summed E-state index contributed by atoms with van der Waals surface area (Å²) >= 11 is 0. The molecule has 4 rings (SSSR count). The van der Waals surface area contributed by atoms with Crippen LogP contribution in [-0.2, 0) is 6.18 Å². The predicted molar refractivity (Wildman–Crippen MR) is 134 cm³/mol. The molecule has 1 aliphatic heterocycles. The molecule has 0 unspecified atom stereocenters. The van der Waals surface area contributed by atoms with Gasteiger partial charge in [0, 0.05) is 37.1 Å². The van der Waals surface area contributed by atoms with Gasteiger partial charge in [0.15, 0.2) is 0 Å². The number of hydrogen-bond acceptors (Lipinski definition) is 8. The van der Waals surface area contributed by atoms with Crippen molar-refractivity contribution in [3.8, 4) is 0 Å². The van der Waals surface area contributed by atoms with Gasteiger partial charge in [0.25, 0.3) is 0 Å². The highest BCUT2D eigenvalue weighted by atomic mass is 19.4. The molecule has 0 radical (unpaired) electrons. The van der Waals surface area contributed by atoms with Crippen LogP contribution >= 0.6 is 0 Å². The molecule has 190 valence electrons. The number of aryl methyl sites for hydroxylation is 1. The lowest BCUT2D eigenvalue weighted by molar-refractivity contribution is -0.137. The molecule has 0 spiro atoms. The average molecular weight is 500 g/mol. The maximum Gasteiger partial charge on any atom is 0.416 e. The largest absolute Gasteiger partial charge is 0.416 e. The van der Waals surface area contributed by atoms with E-state index in [1.807, 2.05) is 13.0 Å². The molecule has 3 N–H and O–H groups in total. The lowest BCUT2D eigenvalue weighted by Crippen LogP contribution is -2.34. The molecule has 2 aromatic heterocycles. The zero-order valence-corrected chi connectivity index (χ0v) is 19.8. The Bertz CT molecular complexity index is 1180. The zero-order chi connectivity index (χ0) is 25.5. The molecule has 11 heteroatoms. The zero-order valence-electron chi connectivity index (χ0n) is 19.8. The third-order valence-corrected chi connectivity index (χ3v) is 5.94. The number of aliphatic hydroxyl groups is 1. The topological polar surface area (TPSA) is 98.6 Å². The molecule has 0 atom stereocenters. The Hall–Kier alpha value is -3.73. The van der Waals surface area contributed by atoms with Crippen molar-refractivity contribution in [1.82, 2.24) is 15.0 Å². The fraction of sp³-hybridized carbons (Fsp3) is 0.360. The van der Waals surface area contributed by atoms with E-state index in [9.17, 15) is 13.2 Å². The fourth-order valence-corrected chi connectivity index (χ4v) is 4.05. The molecular formula is C25H28F3N7O. The Morgan fingerprint density at radius 3 is 2.61 bits per heavy atom. The first-order valence-electron chi connectivity index (χ1n) is 11.7. The van der Waals surface area contributed by atoms with Crippen LogP contribution in [0.5, 0.6) is 0 Å². The number of piperidine rings is 1. The van der Waals surface area contributed by atoms with E-state index >= 15 is 0 Å². The summed E-state index contributed by atoms with van der Waals surface area (Å²) < 4.78 is 38.7. The minimum atomic E-state index is -4.40. The van der Waals surface area contributed by atoms with E-state index in [1.54, 1.807) is 18.2 Å². The Kier molecular flexibility index (Phi) is 7.99. The molecule has 1 fully saturated rings. The molecule has 1 aliphatic rings. The molecule has 3 aromatic rings. The van der Waals surface area contributed by atoms with Crippen molar-refractivity contribution in [2.75, 3.05) is 35.3 Å². The van der Waals surface area contributed by atoms with Crippen LogP contribution in [0.2, 0.25) is 0 Å². The SMILES string of the molecule is Cc1cc(N2CCC(CCO)CC2)nc(N/N=C\c2ccc(Nc3cccc(C(F)(F)F)c3)cn2)n1. The molecule has 0 bridgehead atoms. The summed E-state index contributed by atoms with van der Waals surface area (Å²) in [5.41, 5.74) is 4.36. The van der Waals surface area contributed by atoms with E-state index in [4.69, 9.17) is 5.11 Å².